The number of rotatable bonds is 10. The lowest BCUT2D eigenvalue weighted by atomic mass is 9.98. The Hall–Kier alpha value is -2.97. The minimum atomic E-state index is -0.300. The van der Waals surface area contributed by atoms with Crippen LogP contribution in [-0.4, -0.2) is 82.2 Å². The molecule has 9 nitrogen and oxygen atoms in total. The van der Waals surface area contributed by atoms with Gasteiger partial charge in [-0.1, -0.05) is 6.07 Å². The first-order valence-electron chi connectivity index (χ1n) is 10.8. The van der Waals surface area contributed by atoms with E-state index >= 15 is 0 Å². The van der Waals surface area contributed by atoms with Crippen molar-refractivity contribution in [3.63, 3.8) is 0 Å². The summed E-state index contributed by atoms with van der Waals surface area (Å²) in [6.45, 7) is 2.98. The molecule has 0 saturated carbocycles. The molecule has 0 radical (unpaired) electrons. The van der Waals surface area contributed by atoms with E-state index in [-0.39, 0.29) is 36.7 Å². The van der Waals surface area contributed by atoms with Crippen LogP contribution in [0.4, 0.5) is 0 Å². The predicted molar refractivity (Wildman–Crippen MR) is 118 cm³/mol. The number of benzene rings is 1. The molecule has 0 spiro atoms. The van der Waals surface area contributed by atoms with Crippen LogP contribution in [0.1, 0.15) is 31.7 Å². The molecule has 0 aliphatic carbocycles. The first-order valence-corrected chi connectivity index (χ1v) is 10.8. The molecule has 1 aliphatic rings. The normalized spacial score (nSPS) is 15.7. The van der Waals surface area contributed by atoms with Gasteiger partial charge in [0.25, 0.3) is 0 Å². The Morgan fingerprint density at radius 1 is 1.09 bits per heavy atom. The van der Waals surface area contributed by atoms with E-state index in [2.05, 4.69) is 0 Å². The average molecular weight is 451 g/mol. The average Bonchev–Trinajstić information content (AvgIpc) is 2.81. The molecule has 0 N–H and O–H groups in total. The van der Waals surface area contributed by atoms with Crippen LogP contribution in [0.2, 0.25) is 0 Å². The van der Waals surface area contributed by atoms with Crippen molar-refractivity contribution in [1.29, 1.82) is 0 Å². The maximum Gasteiger partial charge on any atom is 0.310 e. The van der Waals surface area contributed by atoms with E-state index in [1.54, 1.807) is 32.0 Å². The number of carbonyl (C=O) groups is 3. The minimum Gasteiger partial charge on any atom is -0.493 e. The van der Waals surface area contributed by atoms with Gasteiger partial charge < -0.3 is 28.7 Å². The van der Waals surface area contributed by atoms with E-state index < -0.39 is 0 Å². The Labute approximate surface area is 189 Å². The molecule has 178 valence electrons. The lowest BCUT2D eigenvalue weighted by molar-refractivity contribution is -0.152. The fraction of sp³-hybridized carbons (Fsp3) is 0.609. The SMILES string of the molecule is CCOC(=O)C1CCCN(C(=O)CN(C)C(=O)CCc2ccc(OC)c(OC)c2OC)C1. The second-order valence-electron chi connectivity index (χ2n) is 7.67. The van der Waals surface area contributed by atoms with E-state index in [4.69, 9.17) is 18.9 Å². The molecule has 1 aliphatic heterocycles. The van der Waals surface area contributed by atoms with Gasteiger partial charge in [-0.25, -0.2) is 0 Å². The maximum atomic E-state index is 12.7. The van der Waals surface area contributed by atoms with E-state index in [9.17, 15) is 14.4 Å². The van der Waals surface area contributed by atoms with Crippen molar-refractivity contribution >= 4 is 17.8 Å². The first-order chi connectivity index (χ1) is 15.4. The molecule has 1 fully saturated rings. The van der Waals surface area contributed by atoms with E-state index in [0.717, 1.165) is 12.0 Å². The van der Waals surface area contributed by atoms with Crippen LogP contribution in [0.25, 0.3) is 0 Å². The van der Waals surface area contributed by atoms with Crippen LogP contribution in [-0.2, 0) is 25.5 Å². The van der Waals surface area contributed by atoms with Crippen molar-refractivity contribution in [2.24, 2.45) is 5.92 Å². The molecule has 32 heavy (non-hydrogen) atoms. The van der Waals surface area contributed by atoms with Crippen molar-refractivity contribution in [2.75, 3.05) is 54.6 Å². The number of carbonyl (C=O) groups excluding carboxylic acids is 3. The third-order valence-corrected chi connectivity index (χ3v) is 5.59. The number of likely N-dealkylation sites (N-methyl/N-ethyl adjacent to an activating group) is 1. The van der Waals surface area contributed by atoms with Gasteiger partial charge in [-0.05, 0) is 37.8 Å². The molecule has 2 rings (SSSR count). The Kier molecular flexibility index (Phi) is 9.61. The highest BCUT2D eigenvalue weighted by Gasteiger charge is 2.30. The number of nitrogens with zero attached hydrogens (tertiary/aromatic N) is 2. The highest BCUT2D eigenvalue weighted by atomic mass is 16.5. The summed E-state index contributed by atoms with van der Waals surface area (Å²) in [6, 6.07) is 3.60. The molecular formula is C23H34N2O7. The Morgan fingerprint density at radius 3 is 2.44 bits per heavy atom. The summed E-state index contributed by atoms with van der Waals surface area (Å²) < 4.78 is 21.2. The van der Waals surface area contributed by atoms with Gasteiger partial charge in [0.15, 0.2) is 11.5 Å². The maximum absolute atomic E-state index is 12.7. The molecule has 0 aromatic heterocycles. The van der Waals surface area contributed by atoms with Gasteiger partial charge in [-0.3, -0.25) is 14.4 Å². The lowest BCUT2D eigenvalue weighted by Gasteiger charge is -2.32. The van der Waals surface area contributed by atoms with Crippen LogP contribution in [0, 0.1) is 5.92 Å². The zero-order chi connectivity index (χ0) is 23.7. The van der Waals surface area contributed by atoms with Gasteiger partial charge in [0.05, 0.1) is 40.4 Å². The van der Waals surface area contributed by atoms with Crippen LogP contribution in [0.3, 0.4) is 0 Å². The van der Waals surface area contributed by atoms with Crippen molar-refractivity contribution in [1.82, 2.24) is 9.80 Å². The number of hydrogen-bond acceptors (Lipinski definition) is 7. The summed E-state index contributed by atoms with van der Waals surface area (Å²) in [5, 5.41) is 0. The number of likely N-dealkylation sites (tertiary alicyclic amines) is 1. The van der Waals surface area contributed by atoms with E-state index in [1.165, 1.54) is 19.1 Å². The Bertz CT molecular complexity index is 812. The van der Waals surface area contributed by atoms with Gasteiger partial charge in [0, 0.05) is 26.6 Å². The largest absolute Gasteiger partial charge is 0.493 e. The zero-order valence-corrected chi connectivity index (χ0v) is 19.6. The summed E-state index contributed by atoms with van der Waals surface area (Å²) in [5.74, 6) is 0.656. The minimum absolute atomic E-state index is 0.0303. The molecular weight excluding hydrogens is 416 g/mol. The van der Waals surface area contributed by atoms with Crippen LogP contribution in [0.5, 0.6) is 17.2 Å². The van der Waals surface area contributed by atoms with E-state index in [1.807, 2.05) is 6.07 Å². The Morgan fingerprint density at radius 2 is 1.81 bits per heavy atom. The molecule has 1 aromatic carbocycles. The lowest BCUT2D eigenvalue weighted by Crippen LogP contribution is -2.47. The summed E-state index contributed by atoms with van der Waals surface area (Å²) in [5.41, 5.74) is 0.812. The quantitative estimate of drug-likeness (QED) is 0.503. The van der Waals surface area contributed by atoms with Crippen LogP contribution < -0.4 is 14.2 Å². The third-order valence-electron chi connectivity index (χ3n) is 5.59. The highest BCUT2D eigenvalue weighted by molar-refractivity contribution is 5.85. The highest BCUT2D eigenvalue weighted by Crippen LogP contribution is 2.40. The number of aryl methyl sites for hydroxylation is 1. The van der Waals surface area contributed by atoms with Crippen molar-refractivity contribution in [3.05, 3.63) is 17.7 Å². The Balaban J connectivity index is 1.93. The standard InChI is InChI=1S/C23H34N2O7/c1-6-32-23(28)17-8-7-13-25(14-17)20(27)15-24(2)19(26)12-10-16-9-11-18(29-3)22(31-5)21(16)30-4/h9,11,17H,6-8,10,12-15H2,1-5H3. The first kappa shape index (κ1) is 25.3. The smallest absolute Gasteiger partial charge is 0.310 e. The third kappa shape index (κ3) is 6.27. The fourth-order valence-corrected chi connectivity index (χ4v) is 3.84. The molecule has 9 heteroatoms. The molecule has 1 unspecified atom stereocenters. The number of amides is 2. The van der Waals surface area contributed by atoms with Crippen molar-refractivity contribution < 1.29 is 33.3 Å². The van der Waals surface area contributed by atoms with Crippen LogP contribution >= 0.6 is 0 Å². The molecule has 1 heterocycles. The zero-order valence-electron chi connectivity index (χ0n) is 19.6. The molecule has 1 aromatic rings. The number of piperidine rings is 1. The second-order valence-corrected chi connectivity index (χ2v) is 7.67. The molecule has 0 bridgehead atoms. The second kappa shape index (κ2) is 12.2. The monoisotopic (exact) mass is 450 g/mol. The van der Waals surface area contributed by atoms with Crippen LogP contribution in [0.15, 0.2) is 12.1 Å². The fourth-order valence-electron chi connectivity index (χ4n) is 3.84. The summed E-state index contributed by atoms with van der Waals surface area (Å²) in [4.78, 5) is 40.4. The molecule has 1 atom stereocenters. The number of hydrogen-bond donors (Lipinski definition) is 0. The number of ether oxygens (including phenoxy) is 4. The molecule has 1 saturated heterocycles. The van der Waals surface area contributed by atoms with Gasteiger partial charge in [0.1, 0.15) is 0 Å². The van der Waals surface area contributed by atoms with Crippen molar-refractivity contribution in [3.8, 4) is 17.2 Å². The number of esters is 1. The van der Waals surface area contributed by atoms with Crippen molar-refractivity contribution in [2.45, 2.75) is 32.6 Å². The topological polar surface area (TPSA) is 94.6 Å². The number of methoxy groups -OCH3 is 3. The van der Waals surface area contributed by atoms with E-state index in [0.29, 0.717) is 49.8 Å². The van der Waals surface area contributed by atoms with Gasteiger partial charge in [0.2, 0.25) is 17.6 Å². The summed E-state index contributed by atoms with van der Waals surface area (Å²) in [6.07, 6.45) is 2.09. The summed E-state index contributed by atoms with van der Waals surface area (Å²) in [7, 11) is 6.22. The van der Waals surface area contributed by atoms with Gasteiger partial charge in [-0.2, -0.15) is 0 Å². The van der Waals surface area contributed by atoms with Gasteiger partial charge in [-0.15, -0.1) is 0 Å². The van der Waals surface area contributed by atoms with Gasteiger partial charge >= 0.3 is 5.97 Å². The summed E-state index contributed by atoms with van der Waals surface area (Å²) >= 11 is 0. The molecule has 2 amide bonds. The predicted octanol–water partition coefficient (Wildman–Crippen LogP) is 1.91.